The maximum absolute atomic E-state index is 12.5. The Balaban J connectivity index is 1.80. The van der Waals surface area contributed by atoms with Crippen LogP contribution < -0.4 is 0 Å². The minimum Gasteiger partial charge on any atom is -0.337 e. The number of fused-ring (bicyclic) bond motifs is 1. The van der Waals surface area contributed by atoms with Crippen molar-refractivity contribution in [2.24, 2.45) is 17.8 Å². The molecule has 1 aromatic carbocycles. The zero-order valence-electron chi connectivity index (χ0n) is 11.9. The van der Waals surface area contributed by atoms with E-state index in [2.05, 4.69) is 6.07 Å². The third kappa shape index (κ3) is 2.69. The summed E-state index contributed by atoms with van der Waals surface area (Å²) in [5, 5.41) is 9.36. The Morgan fingerprint density at radius 2 is 2.00 bits per heavy atom. The fourth-order valence-electron chi connectivity index (χ4n) is 3.56. The molecule has 1 aliphatic heterocycles. The molecule has 108 valence electrons. The molecule has 1 aliphatic carbocycles. The molecule has 0 radical (unpaired) electrons. The highest BCUT2D eigenvalue weighted by atomic mass is 16.2. The summed E-state index contributed by atoms with van der Waals surface area (Å²) in [6, 6.07) is 12.0. The van der Waals surface area contributed by atoms with E-state index in [9.17, 15) is 14.9 Å². The van der Waals surface area contributed by atoms with Crippen molar-refractivity contribution in [1.82, 2.24) is 4.90 Å². The van der Waals surface area contributed by atoms with Gasteiger partial charge in [-0.15, -0.1) is 0 Å². The van der Waals surface area contributed by atoms with Gasteiger partial charge >= 0.3 is 0 Å². The number of nitriles is 1. The van der Waals surface area contributed by atoms with Crippen LogP contribution in [0.3, 0.4) is 0 Å². The second-order valence-corrected chi connectivity index (χ2v) is 6.02. The molecule has 0 aromatic heterocycles. The maximum atomic E-state index is 12.5. The van der Waals surface area contributed by atoms with Gasteiger partial charge in [0.1, 0.15) is 11.7 Å². The fraction of sp³-hybridized carbons (Fsp3) is 0.471. The molecule has 1 saturated carbocycles. The molecule has 2 aliphatic rings. The van der Waals surface area contributed by atoms with Crippen LogP contribution in [0.15, 0.2) is 30.3 Å². The summed E-state index contributed by atoms with van der Waals surface area (Å²) in [5.41, 5.74) is 1.08. The number of ketones is 1. The highest BCUT2D eigenvalue weighted by Crippen LogP contribution is 2.39. The number of benzene rings is 1. The molecule has 0 bridgehead atoms. The lowest BCUT2D eigenvalue weighted by atomic mass is 9.69. The second kappa shape index (κ2) is 5.69. The lowest BCUT2D eigenvalue weighted by Crippen LogP contribution is -2.51. The van der Waals surface area contributed by atoms with Crippen LogP contribution in [0.2, 0.25) is 0 Å². The topological polar surface area (TPSA) is 61.2 Å². The molecule has 1 aromatic rings. The van der Waals surface area contributed by atoms with E-state index in [4.69, 9.17) is 0 Å². The molecule has 2 fully saturated rings. The van der Waals surface area contributed by atoms with E-state index in [1.165, 1.54) is 0 Å². The van der Waals surface area contributed by atoms with Crippen molar-refractivity contribution in [1.29, 1.82) is 5.26 Å². The first kappa shape index (κ1) is 13.8. The van der Waals surface area contributed by atoms with Gasteiger partial charge < -0.3 is 4.90 Å². The molecule has 4 heteroatoms. The van der Waals surface area contributed by atoms with Gasteiger partial charge in [-0.25, -0.2) is 0 Å². The Bertz CT molecular complexity index is 591. The summed E-state index contributed by atoms with van der Waals surface area (Å²) in [6.45, 7) is 1.22. The smallest absolute Gasteiger partial charge is 0.240 e. The summed E-state index contributed by atoms with van der Waals surface area (Å²) in [5.74, 6) is -0.362. The summed E-state index contributed by atoms with van der Waals surface area (Å²) in [4.78, 5) is 25.9. The highest BCUT2D eigenvalue weighted by molar-refractivity contribution is 5.85. The average molecular weight is 282 g/mol. The molecule has 0 spiro atoms. The van der Waals surface area contributed by atoms with E-state index in [0.29, 0.717) is 25.9 Å². The standard InChI is InChI=1S/C17H18N2O2/c18-9-16-15-8-14(20)7-6-13(15)11-19(17(16)21)10-12-4-2-1-3-5-12/h1-5,13,15-16H,6-8,10-11H2/t13-,15-,16?/m1/s1. The summed E-state index contributed by atoms with van der Waals surface area (Å²) < 4.78 is 0. The number of hydrogen-bond acceptors (Lipinski definition) is 3. The predicted octanol–water partition coefficient (Wildman–Crippen LogP) is 2.15. The molecule has 1 amide bonds. The second-order valence-electron chi connectivity index (χ2n) is 6.02. The molecule has 0 N–H and O–H groups in total. The SMILES string of the molecule is N#CC1C(=O)N(Cc2ccccc2)C[C@H]2CCC(=O)C[C@@H]12. The molecule has 3 atom stereocenters. The van der Waals surface area contributed by atoms with Crippen LogP contribution in [0.25, 0.3) is 0 Å². The number of hydrogen-bond donors (Lipinski definition) is 0. The number of carbonyl (C=O) groups is 2. The minimum atomic E-state index is -0.656. The lowest BCUT2D eigenvalue weighted by Gasteiger charge is -2.42. The van der Waals surface area contributed by atoms with Crippen LogP contribution in [0.4, 0.5) is 0 Å². The Morgan fingerprint density at radius 1 is 1.24 bits per heavy atom. The number of amides is 1. The van der Waals surface area contributed by atoms with Crippen molar-refractivity contribution in [3.63, 3.8) is 0 Å². The largest absolute Gasteiger partial charge is 0.337 e. The number of carbonyl (C=O) groups excluding carboxylic acids is 2. The quantitative estimate of drug-likeness (QED) is 0.835. The van der Waals surface area contributed by atoms with E-state index < -0.39 is 5.92 Å². The number of nitrogens with zero attached hydrogens (tertiary/aromatic N) is 2. The van der Waals surface area contributed by atoms with Crippen molar-refractivity contribution in [3.8, 4) is 6.07 Å². The molecular formula is C17H18N2O2. The van der Waals surface area contributed by atoms with Gasteiger partial charge in [-0.05, 0) is 23.8 Å². The number of likely N-dealkylation sites (tertiary alicyclic amines) is 1. The van der Waals surface area contributed by atoms with Gasteiger partial charge in [0, 0.05) is 25.9 Å². The molecule has 3 rings (SSSR count). The van der Waals surface area contributed by atoms with Crippen molar-refractivity contribution in [2.45, 2.75) is 25.8 Å². The van der Waals surface area contributed by atoms with E-state index in [1.807, 2.05) is 30.3 Å². The summed E-state index contributed by atoms with van der Waals surface area (Å²) in [6.07, 6.45) is 1.79. The maximum Gasteiger partial charge on any atom is 0.240 e. The molecule has 21 heavy (non-hydrogen) atoms. The molecule has 1 unspecified atom stereocenters. The van der Waals surface area contributed by atoms with Crippen LogP contribution in [-0.4, -0.2) is 23.1 Å². The zero-order valence-corrected chi connectivity index (χ0v) is 11.9. The van der Waals surface area contributed by atoms with E-state index >= 15 is 0 Å². The van der Waals surface area contributed by atoms with Crippen molar-refractivity contribution in [3.05, 3.63) is 35.9 Å². The first-order chi connectivity index (χ1) is 10.2. The van der Waals surface area contributed by atoms with Crippen LogP contribution in [0.5, 0.6) is 0 Å². The minimum absolute atomic E-state index is 0.0734. The van der Waals surface area contributed by atoms with E-state index in [0.717, 1.165) is 12.0 Å². The summed E-state index contributed by atoms with van der Waals surface area (Å²) in [7, 11) is 0. The zero-order chi connectivity index (χ0) is 14.8. The molecule has 4 nitrogen and oxygen atoms in total. The predicted molar refractivity (Wildman–Crippen MR) is 76.8 cm³/mol. The molecule has 1 heterocycles. The number of piperidine rings is 1. The normalized spacial score (nSPS) is 28.9. The molecule has 1 saturated heterocycles. The average Bonchev–Trinajstić information content (AvgIpc) is 2.50. The third-order valence-corrected chi connectivity index (χ3v) is 4.68. The van der Waals surface area contributed by atoms with Gasteiger partial charge in [0.15, 0.2) is 0 Å². The van der Waals surface area contributed by atoms with Gasteiger partial charge in [0.2, 0.25) is 5.91 Å². The van der Waals surface area contributed by atoms with Crippen molar-refractivity contribution >= 4 is 11.7 Å². The Morgan fingerprint density at radius 3 is 2.71 bits per heavy atom. The number of rotatable bonds is 2. The summed E-state index contributed by atoms with van der Waals surface area (Å²) >= 11 is 0. The van der Waals surface area contributed by atoms with Gasteiger partial charge in [0.05, 0.1) is 6.07 Å². The first-order valence-electron chi connectivity index (χ1n) is 7.43. The third-order valence-electron chi connectivity index (χ3n) is 4.68. The molecular weight excluding hydrogens is 264 g/mol. The van der Waals surface area contributed by atoms with Gasteiger partial charge in [0.25, 0.3) is 0 Å². The van der Waals surface area contributed by atoms with Crippen LogP contribution in [0, 0.1) is 29.1 Å². The Kier molecular flexibility index (Phi) is 3.74. The van der Waals surface area contributed by atoms with Crippen molar-refractivity contribution < 1.29 is 9.59 Å². The Hall–Kier alpha value is -2.15. The highest BCUT2D eigenvalue weighted by Gasteiger charge is 2.45. The van der Waals surface area contributed by atoms with Gasteiger partial charge in [-0.3, -0.25) is 9.59 Å². The van der Waals surface area contributed by atoms with Crippen LogP contribution in [0.1, 0.15) is 24.8 Å². The van der Waals surface area contributed by atoms with Gasteiger partial charge in [-0.2, -0.15) is 5.26 Å². The van der Waals surface area contributed by atoms with Crippen LogP contribution >= 0.6 is 0 Å². The lowest BCUT2D eigenvalue weighted by molar-refractivity contribution is -0.145. The van der Waals surface area contributed by atoms with Gasteiger partial charge in [-0.1, -0.05) is 30.3 Å². The van der Waals surface area contributed by atoms with Crippen LogP contribution in [-0.2, 0) is 16.1 Å². The monoisotopic (exact) mass is 282 g/mol. The van der Waals surface area contributed by atoms with E-state index in [-0.39, 0.29) is 23.5 Å². The van der Waals surface area contributed by atoms with E-state index in [1.54, 1.807) is 4.90 Å². The Labute approximate surface area is 124 Å². The first-order valence-corrected chi connectivity index (χ1v) is 7.43. The number of Topliss-reactive ketones (excluding diaryl/α,β-unsaturated/α-hetero) is 1. The van der Waals surface area contributed by atoms with Crippen molar-refractivity contribution in [2.75, 3.05) is 6.54 Å². The fourth-order valence-corrected chi connectivity index (χ4v) is 3.56.